The van der Waals surface area contributed by atoms with E-state index in [1.807, 2.05) is 80.6 Å². The van der Waals surface area contributed by atoms with Crippen molar-refractivity contribution >= 4 is 34.8 Å². The summed E-state index contributed by atoms with van der Waals surface area (Å²) in [7, 11) is 0. The van der Waals surface area contributed by atoms with Gasteiger partial charge in [0.2, 0.25) is 0 Å². The van der Waals surface area contributed by atoms with Crippen LogP contribution in [0.3, 0.4) is 0 Å². The van der Waals surface area contributed by atoms with Gasteiger partial charge >= 0.3 is 0 Å². The summed E-state index contributed by atoms with van der Waals surface area (Å²) in [5.74, 6) is -0.131. The fourth-order valence-corrected chi connectivity index (χ4v) is 5.05. The molecule has 7 heteroatoms. The van der Waals surface area contributed by atoms with Crippen LogP contribution >= 0.6 is 11.6 Å². The van der Waals surface area contributed by atoms with Crippen molar-refractivity contribution in [2.24, 2.45) is 5.10 Å². The number of halogens is 1. The number of anilines is 1. The predicted octanol–water partition coefficient (Wildman–Crippen LogP) is 6.79. The molecule has 5 rings (SSSR count). The molecular formula is C31H28ClN3O3. The van der Waals surface area contributed by atoms with E-state index in [2.05, 4.69) is 15.8 Å². The van der Waals surface area contributed by atoms with E-state index < -0.39 is 5.92 Å². The number of rotatable bonds is 6. The largest absolute Gasteiger partial charge is 0.455 e. The van der Waals surface area contributed by atoms with Gasteiger partial charge in [0.15, 0.2) is 5.76 Å². The zero-order valence-electron chi connectivity index (χ0n) is 21.3. The molecule has 0 fully saturated rings. The van der Waals surface area contributed by atoms with Crippen LogP contribution in [0.1, 0.15) is 62.9 Å². The second-order valence-electron chi connectivity index (χ2n) is 9.41. The number of hydrogen-bond acceptors (Lipinski definition) is 4. The van der Waals surface area contributed by atoms with Crippen LogP contribution in [0, 0.1) is 13.8 Å². The van der Waals surface area contributed by atoms with Gasteiger partial charge in [-0.2, -0.15) is 5.10 Å². The van der Waals surface area contributed by atoms with Crippen LogP contribution in [0.25, 0.3) is 0 Å². The van der Waals surface area contributed by atoms with Crippen LogP contribution in [0.15, 0.2) is 88.4 Å². The number of nitrogens with zero attached hydrogens (tertiary/aromatic N) is 1. The second-order valence-corrected chi connectivity index (χ2v) is 9.85. The molecule has 1 aliphatic rings. The molecule has 4 aromatic rings. The van der Waals surface area contributed by atoms with E-state index in [1.54, 1.807) is 12.1 Å². The molecule has 0 spiro atoms. The molecule has 6 nitrogen and oxygen atoms in total. The maximum atomic E-state index is 13.4. The highest BCUT2D eigenvalue weighted by atomic mass is 35.5. The van der Waals surface area contributed by atoms with E-state index in [0.29, 0.717) is 40.6 Å². The number of hydrazone groups is 1. The number of carbonyl (C=O) groups excluding carboxylic acids is 2. The molecule has 0 aliphatic heterocycles. The molecule has 0 bridgehead atoms. The molecular weight excluding hydrogens is 498 g/mol. The average molecular weight is 526 g/mol. The quantitative estimate of drug-likeness (QED) is 0.272. The molecule has 0 radical (unpaired) electrons. The van der Waals surface area contributed by atoms with Gasteiger partial charge in [-0.05, 0) is 55.5 Å². The maximum Gasteiger partial charge on any atom is 0.291 e. The lowest BCUT2D eigenvalue weighted by atomic mass is 9.90. The van der Waals surface area contributed by atoms with Crippen LogP contribution in [0.4, 0.5) is 5.69 Å². The van der Waals surface area contributed by atoms with Gasteiger partial charge in [0.05, 0.1) is 11.6 Å². The Morgan fingerprint density at radius 1 is 0.921 bits per heavy atom. The molecule has 0 saturated carbocycles. The highest BCUT2D eigenvalue weighted by molar-refractivity contribution is 6.31. The van der Waals surface area contributed by atoms with Gasteiger partial charge in [0.1, 0.15) is 5.76 Å². The minimum atomic E-state index is -0.502. The number of amides is 2. The maximum absolute atomic E-state index is 13.4. The third-order valence-electron chi connectivity index (χ3n) is 6.81. The van der Waals surface area contributed by atoms with Gasteiger partial charge in [-0.15, -0.1) is 0 Å². The third-order valence-corrected chi connectivity index (χ3v) is 7.04. The summed E-state index contributed by atoms with van der Waals surface area (Å²) in [6.45, 7) is 3.75. The summed E-state index contributed by atoms with van der Waals surface area (Å²) in [6, 6.07) is 24.6. The molecule has 1 aliphatic carbocycles. The van der Waals surface area contributed by atoms with Crippen LogP contribution in [-0.2, 0) is 11.2 Å². The highest BCUT2D eigenvalue weighted by Crippen LogP contribution is 2.31. The lowest BCUT2D eigenvalue weighted by molar-refractivity contribution is -0.121. The first-order valence-electron chi connectivity index (χ1n) is 12.6. The van der Waals surface area contributed by atoms with Crippen molar-refractivity contribution in [2.75, 3.05) is 5.32 Å². The summed E-state index contributed by atoms with van der Waals surface area (Å²) in [4.78, 5) is 26.6. The van der Waals surface area contributed by atoms with Gasteiger partial charge in [-0.25, -0.2) is 5.43 Å². The number of furan rings is 1. The monoisotopic (exact) mass is 525 g/mol. The number of nitrogens with one attached hydrogen (secondary N) is 2. The van der Waals surface area contributed by atoms with Crippen molar-refractivity contribution in [3.63, 3.8) is 0 Å². The number of fused-ring (bicyclic) bond motifs is 1. The first kappa shape index (κ1) is 25.5. The molecule has 2 amide bonds. The SMILES string of the molecule is Cc1ccc(Cl)cc1NC(=O)c1oc2c(c1C)/C(=N/NC(=O)C(c1ccccc1)c1ccccc1)CCC2. The van der Waals surface area contributed by atoms with Gasteiger partial charge in [-0.1, -0.05) is 78.3 Å². The molecule has 0 unspecified atom stereocenters. The Bertz CT molecular complexity index is 1470. The fraction of sp³-hybridized carbons (Fsp3) is 0.194. The molecule has 3 aromatic carbocycles. The van der Waals surface area contributed by atoms with Crippen LogP contribution < -0.4 is 10.7 Å². The normalized spacial score (nSPS) is 13.8. The predicted molar refractivity (Wildman–Crippen MR) is 150 cm³/mol. The highest BCUT2D eigenvalue weighted by Gasteiger charge is 2.29. The summed E-state index contributed by atoms with van der Waals surface area (Å²) in [5.41, 5.74) is 8.30. The molecule has 2 N–H and O–H groups in total. The van der Waals surface area contributed by atoms with Gasteiger partial charge in [0.25, 0.3) is 11.8 Å². The van der Waals surface area contributed by atoms with E-state index in [0.717, 1.165) is 28.7 Å². The number of benzene rings is 3. The van der Waals surface area contributed by atoms with E-state index in [9.17, 15) is 9.59 Å². The molecule has 192 valence electrons. The lowest BCUT2D eigenvalue weighted by Gasteiger charge is -2.18. The van der Waals surface area contributed by atoms with Crippen molar-refractivity contribution in [2.45, 2.75) is 39.0 Å². The van der Waals surface area contributed by atoms with Crippen molar-refractivity contribution in [3.8, 4) is 0 Å². The molecule has 0 saturated heterocycles. The summed E-state index contributed by atoms with van der Waals surface area (Å²) < 4.78 is 6.03. The van der Waals surface area contributed by atoms with E-state index in [1.165, 1.54) is 0 Å². The Morgan fingerprint density at radius 3 is 2.24 bits per heavy atom. The second kappa shape index (κ2) is 11.1. The van der Waals surface area contributed by atoms with Crippen molar-refractivity contribution in [1.82, 2.24) is 5.43 Å². The number of aryl methyl sites for hydroxylation is 2. The zero-order chi connectivity index (χ0) is 26.6. The van der Waals surface area contributed by atoms with Crippen molar-refractivity contribution in [3.05, 3.63) is 123 Å². The number of carbonyl (C=O) groups is 2. The smallest absolute Gasteiger partial charge is 0.291 e. The molecule has 0 atom stereocenters. The summed E-state index contributed by atoms with van der Waals surface area (Å²) >= 11 is 6.11. The minimum Gasteiger partial charge on any atom is -0.455 e. The molecule has 38 heavy (non-hydrogen) atoms. The van der Waals surface area contributed by atoms with Gasteiger partial charge in [0, 0.05) is 28.3 Å². The van der Waals surface area contributed by atoms with E-state index >= 15 is 0 Å². The zero-order valence-corrected chi connectivity index (χ0v) is 22.0. The Morgan fingerprint density at radius 2 is 1.58 bits per heavy atom. The topological polar surface area (TPSA) is 83.7 Å². The third kappa shape index (κ3) is 5.27. The Labute approximate surface area is 226 Å². The first-order valence-corrected chi connectivity index (χ1v) is 13.0. The fourth-order valence-electron chi connectivity index (χ4n) is 4.88. The first-order chi connectivity index (χ1) is 18.4. The Kier molecular flexibility index (Phi) is 7.43. The molecule has 1 aromatic heterocycles. The summed E-state index contributed by atoms with van der Waals surface area (Å²) in [6.07, 6.45) is 2.18. The standard InChI is InChI=1S/C31H28ClN3O3/c1-19-16-17-23(32)18-25(19)33-31(37)29-20(2)27-24(14-9-15-26(27)38-29)34-35-30(36)28(21-10-5-3-6-11-21)22-12-7-4-8-13-22/h3-8,10-13,16-18,28H,9,14-15H2,1-2H3,(H,33,37)(H,35,36)/b34-24+. The molecule has 1 heterocycles. The van der Waals surface area contributed by atoms with Gasteiger partial charge in [-0.3, -0.25) is 9.59 Å². The Balaban J connectivity index is 1.41. The van der Waals surface area contributed by atoms with E-state index in [-0.39, 0.29) is 17.6 Å². The van der Waals surface area contributed by atoms with Crippen molar-refractivity contribution < 1.29 is 14.0 Å². The minimum absolute atomic E-state index is 0.224. The van der Waals surface area contributed by atoms with E-state index in [4.69, 9.17) is 16.0 Å². The Hall–Kier alpha value is -4.16. The number of hydrogen-bond donors (Lipinski definition) is 2. The van der Waals surface area contributed by atoms with Crippen LogP contribution in [0.2, 0.25) is 5.02 Å². The average Bonchev–Trinajstić information content (AvgIpc) is 3.28. The van der Waals surface area contributed by atoms with Gasteiger partial charge < -0.3 is 9.73 Å². The summed E-state index contributed by atoms with van der Waals surface area (Å²) in [5, 5.41) is 7.99. The van der Waals surface area contributed by atoms with Crippen LogP contribution in [-0.4, -0.2) is 17.5 Å². The van der Waals surface area contributed by atoms with Crippen LogP contribution in [0.5, 0.6) is 0 Å². The lowest BCUT2D eigenvalue weighted by Crippen LogP contribution is -2.28. The van der Waals surface area contributed by atoms with Crippen molar-refractivity contribution in [1.29, 1.82) is 0 Å².